The van der Waals surface area contributed by atoms with Crippen molar-refractivity contribution < 1.29 is 9.59 Å². The number of hydrogen-bond donors (Lipinski definition) is 3. The molecule has 0 bridgehead atoms. The number of nitrogens with one attached hydrogen (secondary N) is 3. The zero-order valence-corrected chi connectivity index (χ0v) is 21.1. The molecule has 1 saturated heterocycles. The normalized spacial score (nSPS) is 13.1. The summed E-state index contributed by atoms with van der Waals surface area (Å²) in [5.74, 6) is 0.394. The summed E-state index contributed by atoms with van der Waals surface area (Å²) < 4.78 is 0. The lowest BCUT2D eigenvalue weighted by molar-refractivity contribution is -0.114. The van der Waals surface area contributed by atoms with Gasteiger partial charge in [0.2, 0.25) is 11.9 Å². The largest absolute Gasteiger partial charge is 0.368 e. The molecule has 2 heterocycles. The van der Waals surface area contributed by atoms with Crippen LogP contribution in [-0.2, 0) is 4.79 Å². The maximum absolute atomic E-state index is 12.6. The van der Waals surface area contributed by atoms with Gasteiger partial charge in [-0.15, -0.1) is 0 Å². The summed E-state index contributed by atoms with van der Waals surface area (Å²) in [7, 11) is 0. The van der Waals surface area contributed by atoms with Gasteiger partial charge in [0.25, 0.3) is 0 Å². The molecule has 0 radical (unpaired) electrons. The second-order valence-corrected chi connectivity index (χ2v) is 8.97. The average molecular weight is 508 g/mol. The Morgan fingerprint density at radius 2 is 1.39 bits per heavy atom. The quantitative estimate of drug-likeness (QED) is 0.332. The number of carbonyl (C=O) groups is 2. The number of aromatic nitrogens is 2. The molecule has 0 saturated carbocycles. The lowest BCUT2D eigenvalue weighted by atomic mass is 10.1. The topological polar surface area (TPSA) is 102 Å². The van der Waals surface area contributed by atoms with E-state index in [1.165, 1.54) is 6.92 Å². The van der Waals surface area contributed by atoms with Gasteiger partial charge in [0, 0.05) is 67.6 Å². The molecule has 9 heteroatoms. The van der Waals surface area contributed by atoms with Crippen LogP contribution in [0.4, 0.5) is 33.5 Å². The summed E-state index contributed by atoms with van der Waals surface area (Å²) in [6.07, 6.45) is 1.72. The van der Waals surface area contributed by atoms with Crippen molar-refractivity contribution in [3.05, 3.63) is 91.1 Å². The summed E-state index contributed by atoms with van der Waals surface area (Å²) in [5, 5.41) is 8.99. The summed E-state index contributed by atoms with van der Waals surface area (Å²) >= 11 is 0. The molecule has 3 N–H and O–H groups in total. The van der Waals surface area contributed by atoms with Gasteiger partial charge >= 0.3 is 6.03 Å². The van der Waals surface area contributed by atoms with Crippen molar-refractivity contribution in [2.45, 2.75) is 6.92 Å². The molecule has 5 rings (SSSR count). The fraction of sp³-hybridized carbons (Fsp3) is 0.172. The first-order valence-corrected chi connectivity index (χ1v) is 12.5. The molecule has 0 unspecified atom stereocenters. The lowest BCUT2D eigenvalue weighted by Gasteiger charge is -2.36. The van der Waals surface area contributed by atoms with Gasteiger partial charge in [-0.1, -0.05) is 30.3 Å². The third-order valence-corrected chi connectivity index (χ3v) is 6.24. The zero-order chi connectivity index (χ0) is 26.3. The summed E-state index contributed by atoms with van der Waals surface area (Å²) in [5.41, 5.74) is 5.24. The number of hydrogen-bond acceptors (Lipinski definition) is 6. The minimum atomic E-state index is -0.106. The maximum atomic E-state index is 12.6. The molecule has 1 aromatic heterocycles. The van der Waals surface area contributed by atoms with E-state index >= 15 is 0 Å². The predicted octanol–water partition coefficient (Wildman–Crippen LogP) is 5.20. The monoisotopic (exact) mass is 507 g/mol. The molecule has 0 atom stereocenters. The van der Waals surface area contributed by atoms with Crippen LogP contribution in [0.3, 0.4) is 0 Å². The van der Waals surface area contributed by atoms with E-state index in [1.807, 2.05) is 77.7 Å². The molecular formula is C29H29N7O2. The molecule has 38 heavy (non-hydrogen) atoms. The van der Waals surface area contributed by atoms with Crippen LogP contribution in [0.25, 0.3) is 11.3 Å². The van der Waals surface area contributed by atoms with E-state index in [-0.39, 0.29) is 11.9 Å². The van der Waals surface area contributed by atoms with E-state index in [9.17, 15) is 9.59 Å². The Morgan fingerprint density at radius 3 is 2.08 bits per heavy atom. The third-order valence-electron chi connectivity index (χ3n) is 6.24. The van der Waals surface area contributed by atoms with Gasteiger partial charge in [0.15, 0.2) is 0 Å². The van der Waals surface area contributed by atoms with Crippen LogP contribution >= 0.6 is 0 Å². The SMILES string of the molecule is CC(=O)Nc1ccc(-c2ccnc(Nc3ccc(N4CCN(C(=O)Nc5ccccc5)CC4)cc3)n2)cc1. The van der Waals surface area contributed by atoms with Crippen LogP contribution in [-0.4, -0.2) is 53.0 Å². The molecule has 0 aliphatic carbocycles. The first-order chi connectivity index (χ1) is 18.5. The van der Waals surface area contributed by atoms with E-state index < -0.39 is 0 Å². The summed E-state index contributed by atoms with van der Waals surface area (Å²) in [4.78, 5) is 36.9. The molecule has 0 spiro atoms. The van der Waals surface area contributed by atoms with Gasteiger partial charge in [0.05, 0.1) is 5.69 Å². The van der Waals surface area contributed by atoms with E-state index in [4.69, 9.17) is 0 Å². The van der Waals surface area contributed by atoms with Crippen molar-refractivity contribution in [2.75, 3.05) is 47.0 Å². The predicted molar refractivity (Wildman–Crippen MR) is 151 cm³/mol. The lowest BCUT2D eigenvalue weighted by Crippen LogP contribution is -2.50. The second kappa shape index (κ2) is 11.4. The van der Waals surface area contributed by atoms with Crippen LogP contribution in [0.1, 0.15) is 6.92 Å². The Kier molecular flexibility index (Phi) is 7.44. The number of nitrogens with zero attached hydrogens (tertiary/aromatic N) is 4. The number of carbonyl (C=O) groups excluding carboxylic acids is 2. The van der Waals surface area contributed by atoms with E-state index in [0.717, 1.165) is 47.1 Å². The van der Waals surface area contributed by atoms with Crippen LogP contribution in [0.2, 0.25) is 0 Å². The van der Waals surface area contributed by atoms with Crippen molar-refractivity contribution >= 4 is 40.6 Å². The van der Waals surface area contributed by atoms with Crippen molar-refractivity contribution in [3.8, 4) is 11.3 Å². The summed E-state index contributed by atoms with van der Waals surface area (Å²) in [6, 6.07) is 26.9. The maximum Gasteiger partial charge on any atom is 0.321 e. The highest BCUT2D eigenvalue weighted by Crippen LogP contribution is 2.24. The zero-order valence-electron chi connectivity index (χ0n) is 21.1. The highest BCUT2D eigenvalue weighted by Gasteiger charge is 2.21. The first-order valence-electron chi connectivity index (χ1n) is 12.5. The molecule has 4 aromatic rings. The van der Waals surface area contributed by atoms with Crippen molar-refractivity contribution in [2.24, 2.45) is 0 Å². The number of anilines is 5. The van der Waals surface area contributed by atoms with Crippen LogP contribution in [0.5, 0.6) is 0 Å². The fourth-order valence-corrected chi connectivity index (χ4v) is 4.28. The van der Waals surface area contributed by atoms with Crippen LogP contribution < -0.4 is 20.9 Å². The molecular weight excluding hydrogens is 478 g/mol. The van der Waals surface area contributed by atoms with Crippen LogP contribution in [0, 0.1) is 0 Å². The minimum absolute atomic E-state index is 0.0682. The van der Waals surface area contributed by atoms with Gasteiger partial charge in [-0.05, 0) is 54.6 Å². The minimum Gasteiger partial charge on any atom is -0.368 e. The molecule has 9 nitrogen and oxygen atoms in total. The number of rotatable bonds is 6. The van der Waals surface area contributed by atoms with Gasteiger partial charge < -0.3 is 25.8 Å². The highest BCUT2D eigenvalue weighted by atomic mass is 16.2. The van der Waals surface area contributed by atoms with Gasteiger partial charge in [-0.3, -0.25) is 4.79 Å². The van der Waals surface area contributed by atoms with Gasteiger partial charge in [0.1, 0.15) is 0 Å². The fourth-order valence-electron chi connectivity index (χ4n) is 4.28. The molecule has 192 valence electrons. The Bertz CT molecular complexity index is 1380. The second-order valence-electron chi connectivity index (χ2n) is 8.97. The molecule has 1 aliphatic rings. The Labute approximate surface area is 221 Å². The average Bonchev–Trinajstić information content (AvgIpc) is 2.94. The van der Waals surface area contributed by atoms with E-state index in [0.29, 0.717) is 19.0 Å². The number of piperazine rings is 1. The van der Waals surface area contributed by atoms with Crippen molar-refractivity contribution in [3.63, 3.8) is 0 Å². The van der Waals surface area contributed by atoms with E-state index in [2.05, 4.69) is 43.0 Å². The molecule has 3 aromatic carbocycles. The van der Waals surface area contributed by atoms with Gasteiger partial charge in [-0.2, -0.15) is 0 Å². The number of benzene rings is 3. The standard InChI is InChI=1S/C29H29N7O2/c1-21(37)31-24-9-7-22(8-10-24)27-15-16-30-28(34-27)32-25-11-13-26(14-12-25)35-17-19-36(20-18-35)29(38)33-23-5-3-2-4-6-23/h2-16H,17-20H2,1H3,(H,31,37)(H,33,38)(H,30,32,34). The Morgan fingerprint density at radius 1 is 0.737 bits per heavy atom. The van der Waals surface area contributed by atoms with Crippen LogP contribution in [0.15, 0.2) is 91.1 Å². The molecule has 1 fully saturated rings. The highest BCUT2D eigenvalue weighted by molar-refractivity contribution is 5.89. The Hall–Kier alpha value is -4.92. The Balaban J connectivity index is 1.16. The first kappa shape index (κ1) is 24.8. The summed E-state index contributed by atoms with van der Waals surface area (Å²) in [6.45, 7) is 4.33. The smallest absolute Gasteiger partial charge is 0.321 e. The molecule has 3 amide bonds. The van der Waals surface area contributed by atoms with Crippen molar-refractivity contribution in [1.29, 1.82) is 0 Å². The number of amides is 3. The van der Waals surface area contributed by atoms with Gasteiger partial charge in [-0.25, -0.2) is 14.8 Å². The molecule has 1 aliphatic heterocycles. The number of urea groups is 1. The number of para-hydroxylation sites is 1. The van der Waals surface area contributed by atoms with Crippen molar-refractivity contribution in [1.82, 2.24) is 14.9 Å². The van der Waals surface area contributed by atoms with E-state index in [1.54, 1.807) is 6.20 Å². The third kappa shape index (κ3) is 6.25.